The number of aliphatic imine (C=N–C) groups is 1. The van der Waals surface area contributed by atoms with E-state index < -0.39 is 0 Å². The first kappa shape index (κ1) is 20.2. The lowest BCUT2D eigenvalue weighted by Crippen LogP contribution is -2.42. The van der Waals surface area contributed by atoms with Crippen molar-refractivity contribution in [3.63, 3.8) is 0 Å². The minimum Gasteiger partial charge on any atom is -0.378 e. The van der Waals surface area contributed by atoms with E-state index in [1.807, 2.05) is 6.92 Å². The van der Waals surface area contributed by atoms with Gasteiger partial charge in [0.2, 0.25) is 0 Å². The van der Waals surface area contributed by atoms with E-state index in [1.54, 1.807) is 18.2 Å². The Hall–Kier alpha value is -1.84. The number of para-hydroxylation sites is 2. The summed E-state index contributed by atoms with van der Waals surface area (Å²) in [5.41, 5.74) is 0.601. The van der Waals surface area contributed by atoms with Crippen molar-refractivity contribution in [3.05, 3.63) is 46.5 Å². The second-order valence-corrected chi connectivity index (χ2v) is 5.25. The Labute approximate surface area is 159 Å². The van der Waals surface area contributed by atoms with E-state index in [0.29, 0.717) is 24.8 Å². The van der Waals surface area contributed by atoms with Gasteiger partial charge >= 0.3 is 0 Å². The highest BCUT2D eigenvalue weighted by atomic mass is 127. The molecular weight excluding hydrogens is 421 g/mol. The number of nitrogens with zero attached hydrogens (tertiary/aromatic N) is 2. The maximum absolute atomic E-state index is 11.0. The van der Waals surface area contributed by atoms with E-state index in [1.165, 1.54) is 6.07 Å². The smallest absolute Gasteiger partial charge is 0.292 e. The fraction of sp³-hybridized carbons (Fsp3) is 0.438. The number of rotatable bonds is 7. The van der Waals surface area contributed by atoms with Crippen LogP contribution >= 0.6 is 24.0 Å². The summed E-state index contributed by atoms with van der Waals surface area (Å²) in [5.74, 6) is 0.783. The molecule has 24 heavy (non-hydrogen) atoms. The fourth-order valence-corrected chi connectivity index (χ4v) is 2.39. The Bertz CT molecular complexity index is 584. The molecule has 8 heteroatoms. The molecule has 0 unspecified atom stereocenters. The summed E-state index contributed by atoms with van der Waals surface area (Å²) in [6, 6.07) is 7.03. The van der Waals surface area contributed by atoms with Gasteiger partial charge in [0, 0.05) is 25.2 Å². The molecule has 3 N–H and O–H groups in total. The van der Waals surface area contributed by atoms with E-state index in [9.17, 15) is 10.1 Å². The average molecular weight is 445 g/mol. The molecule has 0 atom stereocenters. The van der Waals surface area contributed by atoms with Crippen molar-refractivity contribution in [1.29, 1.82) is 0 Å². The molecule has 0 aliphatic heterocycles. The number of benzene rings is 1. The van der Waals surface area contributed by atoms with Crippen molar-refractivity contribution < 1.29 is 4.92 Å². The molecule has 0 spiro atoms. The first-order chi connectivity index (χ1) is 11.2. The quantitative estimate of drug-likeness (QED) is 0.114. The monoisotopic (exact) mass is 445 g/mol. The second-order valence-electron chi connectivity index (χ2n) is 5.25. The lowest BCUT2D eigenvalue weighted by molar-refractivity contribution is -0.384. The maximum atomic E-state index is 11.0. The third-order valence-electron chi connectivity index (χ3n) is 3.49. The zero-order chi connectivity index (χ0) is 16.5. The normalized spacial score (nSPS) is 14.1. The number of nitro benzene ring substituents is 1. The summed E-state index contributed by atoms with van der Waals surface area (Å²) in [4.78, 5) is 15.1. The number of hydrogen-bond donors (Lipinski definition) is 3. The van der Waals surface area contributed by atoms with Gasteiger partial charge in [-0.2, -0.15) is 0 Å². The van der Waals surface area contributed by atoms with E-state index in [-0.39, 0.29) is 34.6 Å². The highest BCUT2D eigenvalue weighted by molar-refractivity contribution is 14.0. The Balaban J connectivity index is 0.00000288. The number of hydrogen-bond acceptors (Lipinski definition) is 4. The molecule has 0 bridgehead atoms. The van der Waals surface area contributed by atoms with Crippen molar-refractivity contribution >= 4 is 41.3 Å². The SMILES string of the molecule is CCNC(=NCCNc1ccccc1[N+](=O)[O-])NC1CC=CC1.I. The van der Waals surface area contributed by atoms with Gasteiger partial charge in [-0.3, -0.25) is 15.1 Å². The van der Waals surface area contributed by atoms with Gasteiger partial charge in [-0.25, -0.2) is 0 Å². The molecule has 1 aliphatic carbocycles. The number of halogens is 1. The molecule has 132 valence electrons. The minimum atomic E-state index is -0.385. The molecule has 0 fully saturated rings. The maximum Gasteiger partial charge on any atom is 0.292 e. The largest absolute Gasteiger partial charge is 0.378 e. The van der Waals surface area contributed by atoms with Gasteiger partial charge in [0.25, 0.3) is 5.69 Å². The fourth-order valence-electron chi connectivity index (χ4n) is 2.39. The van der Waals surface area contributed by atoms with Crippen LogP contribution in [0, 0.1) is 10.1 Å². The standard InChI is InChI=1S/C16H23N5O2.HI/c1-2-17-16(20-13-7-3-4-8-13)19-12-11-18-14-9-5-6-10-15(14)21(22)23;/h3-6,9-10,13,18H,2,7-8,11-12H2,1H3,(H2,17,19,20);1H. The third-order valence-corrected chi connectivity index (χ3v) is 3.49. The summed E-state index contributed by atoms with van der Waals surface area (Å²) in [6.07, 6.45) is 6.35. The van der Waals surface area contributed by atoms with Crippen molar-refractivity contribution in [2.24, 2.45) is 4.99 Å². The number of guanidine groups is 1. The molecule has 1 aliphatic rings. The Morgan fingerprint density at radius 1 is 1.33 bits per heavy atom. The van der Waals surface area contributed by atoms with Gasteiger partial charge < -0.3 is 16.0 Å². The van der Waals surface area contributed by atoms with E-state index in [2.05, 4.69) is 33.1 Å². The molecule has 1 aromatic rings. The average Bonchev–Trinajstić information content (AvgIpc) is 3.05. The van der Waals surface area contributed by atoms with Crippen LogP contribution in [0.3, 0.4) is 0 Å². The van der Waals surface area contributed by atoms with Gasteiger partial charge in [-0.15, -0.1) is 24.0 Å². The predicted molar refractivity (Wildman–Crippen MR) is 108 cm³/mol. The van der Waals surface area contributed by atoms with E-state index in [0.717, 1.165) is 25.3 Å². The van der Waals surface area contributed by atoms with Crippen molar-refractivity contribution in [3.8, 4) is 0 Å². The first-order valence-electron chi connectivity index (χ1n) is 7.88. The molecule has 7 nitrogen and oxygen atoms in total. The summed E-state index contributed by atoms with van der Waals surface area (Å²) >= 11 is 0. The minimum absolute atomic E-state index is 0. The van der Waals surface area contributed by atoms with Crippen LogP contribution in [-0.2, 0) is 0 Å². The van der Waals surface area contributed by atoms with Crippen molar-refractivity contribution in [2.45, 2.75) is 25.8 Å². The van der Waals surface area contributed by atoms with Gasteiger partial charge in [-0.05, 0) is 25.8 Å². The highest BCUT2D eigenvalue weighted by Crippen LogP contribution is 2.22. The molecule has 1 aromatic carbocycles. The van der Waals surface area contributed by atoms with Gasteiger partial charge in [0.1, 0.15) is 5.69 Å². The molecule has 0 radical (unpaired) electrons. The van der Waals surface area contributed by atoms with E-state index >= 15 is 0 Å². The Morgan fingerprint density at radius 2 is 2.04 bits per heavy atom. The highest BCUT2D eigenvalue weighted by Gasteiger charge is 2.12. The lowest BCUT2D eigenvalue weighted by atomic mass is 10.2. The zero-order valence-corrected chi connectivity index (χ0v) is 16.0. The van der Waals surface area contributed by atoms with Crippen LogP contribution in [0.4, 0.5) is 11.4 Å². The number of nitrogens with one attached hydrogen (secondary N) is 3. The van der Waals surface area contributed by atoms with Crippen LogP contribution in [0.2, 0.25) is 0 Å². The summed E-state index contributed by atoms with van der Waals surface area (Å²) in [5, 5.41) is 20.6. The molecule has 0 heterocycles. The van der Waals surface area contributed by atoms with Crippen LogP contribution in [0.1, 0.15) is 19.8 Å². The van der Waals surface area contributed by atoms with Gasteiger partial charge in [0.15, 0.2) is 5.96 Å². The third kappa shape index (κ3) is 6.34. The van der Waals surface area contributed by atoms with Gasteiger partial charge in [0.05, 0.1) is 11.5 Å². The zero-order valence-electron chi connectivity index (χ0n) is 13.7. The predicted octanol–water partition coefficient (Wildman–Crippen LogP) is 2.90. The Kier molecular flexibility index (Phi) is 9.13. The van der Waals surface area contributed by atoms with Crippen LogP contribution < -0.4 is 16.0 Å². The molecule has 0 saturated carbocycles. The molecule has 0 saturated heterocycles. The molecule has 0 aromatic heterocycles. The molecular formula is C16H24IN5O2. The number of nitro groups is 1. The van der Waals surface area contributed by atoms with Crippen molar-refractivity contribution in [1.82, 2.24) is 10.6 Å². The first-order valence-corrected chi connectivity index (χ1v) is 7.88. The second kappa shape index (κ2) is 10.8. The number of anilines is 1. The van der Waals surface area contributed by atoms with Crippen LogP contribution in [0.25, 0.3) is 0 Å². The lowest BCUT2D eigenvalue weighted by Gasteiger charge is -2.16. The Morgan fingerprint density at radius 3 is 2.71 bits per heavy atom. The topological polar surface area (TPSA) is 91.6 Å². The van der Waals surface area contributed by atoms with Crippen LogP contribution in [-0.4, -0.2) is 36.6 Å². The molecule has 0 amide bonds. The van der Waals surface area contributed by atoms with E-state index in [4.69, 9.17) is 0 Å². The summed E-state index contributed by atoms with van der Waals surface area (Å²) in [7, 11) is 0. The summed E-state index contributed by atoms with van der Waals surface area (Å²) in [6.45, 7) is 3.88. The van der Waals surface area contributed by atoms with Crippen molar-refractivity contribution in [2.75, 3.05) is 25.0 Å². The summed E-state index contributed by atoms with van der Waals surface area (Å²) < 4.78 is 0. The van der Waals surface area contributed by atoms with Crippen LogP contribution in [0.5, 0.6) is 0 Å². The van der Waals surface area contributed by atoms with Crippen LogP contribution in [0.15, 0.2) is 41.4 Å². The van der Waals surface area contributed by atoms with Gasteiger partial charge in [-0.1, -0.05) is 24.3 Å². The molecule has 2 rings (SSSR count).